The molecule has 0 bridgehead atoms. The average Bonchev–Trinajstić information content (AvgIpc) is 2.90. The normalized spacial score (nSPS) is 10.8. The van der Waals surface area contributed by atoms with E-state index < -0.39 is 5.91 Å². The minimum atomic E-state index is -0.502. The maximum Gasteiger partial charge on any atom is 0.262 e. The van der Waals surface area contributed by atoms with Crippen LogP contribution in [0.4, 0.5) is 4.39 Å². The third kappa shape index (κ3) is 6.73. The third-order valence-electron chi connectivity index (χ3n) is 5.36. The molecule has 0 aliphatic rings. The van der Waals surface area contributed by atoms with Crippen LogP contribution in [0.3, 0.4) is 0 Å². The predicted octanol–water partition coefficient (Wildman–Crippen LogP) is 5.37. The van der Waals surface area contributed by atoms with E-state index in [2.05, 4.69) is 11.9 Å². The molecule has 0 aliphatic carbocycles. The Labute approximate surface area is 210 Å². The molecule has 0 unspecified atom stereocenters. The van der Waals surface area contributed by atoms with E-state index in [1.165, 1.54) is 19.3 Å². The second kappa shape index (κ2) is 12.8. The van der Waals surface area contributed by atoms with Crippen molar-refractivity contribution in [2.45, 2.75) is 19.6 Å². The monoisotopic (exact) mass is 486 g/mol. The minimum absolute atomic E-state index is 0.0135. The van der Waals surface area contributed by atoms with Gasteiger partial charge in [0.05, 0.1) is 14.2 Å². The molecule has 0 saturated carbocycles. The van der Waals surface area contributed by atoms with Crippen molar-refractivity contribution in [1.82, 2.24) is 5.32 Å². The van der Waals surface area contributed by atoms with Crippen LogP contribution >= 0.6 is 0 Å². The van der Waals surface area contributed by atoms with Gasteiger partial charge in [0, 0.05) is 17.7 Å². The lowest BCUT2D eigenvalue weighted by molar-refractivity contribution is -0.117. The first-order chi connectivity index (χ1) is 17.5. The Balaban J connectivity index is 1.82. The van der Waals surface area contributed by atoms with Gasteiger partial charge < -0.3 is 19.5 Å². The van der Waals surface area contributed by atoms with Crippen molar-refractivity contribution in [3.05, 3.63) is 107 Å². The first-order valence-electron chi connectivity index (χ1n) is 11.2. The number of rotatable bonds is 11. The number of nitrogens with zero attached hydrogens (tertiary/aromatic N) is 1. The van der Waals surface area contributed by atoms with Crippen molar-refractivity contribution in [1.29, 1.82) is 5.26 Å². The Hall–Kier alpha value is -4.57. The van der Waals surface area contributed by atoms with Crippen LogP contribution in [-0.4, -0.2) is 20.1 Å². The molecule has 0 radical (unpaired) electrons. The number of halogens is 1. The van der Waals surface area contributed by atoms with Crippen LogP contribution in [0.5, 0.6) is 17.2 Å². The summed E-state index contributed by atoms with van der Waals surface area (Å²) in [6.45, 7) is 4.06. The zero-order valence-electron chi connectivity index (χ0n) is 20.2. The molecule has 7 heteroatoms. The standard InChI is InChI=1S/C29H27FN2O4/c1-4-7-22-14-21(16-27(35-3)28(22)36-19-23-8-5-6-9-26(23)30)15-24(17-31)29(33)32-18-20-10-12-25(34-2)13-11-20/h4-6,8-16H,1,7,18-19H2,2-3H3,(H,32,33)/b24-15-. The summed E-state index contributed by atoms with van der Waals surface area (Å²) in [6, 6.07) is 19.0. The molecule has 3 aromatic carbocycles. The van der Waals surface area contributed by atoms with Gasteiger partial charge in [0.2, 0.25) is 0 Å². The van der Waals surface area contributed by atoms with E-state index in [1.54, 1.807) is 55.7 Å². The topological polar surface area (TPSA) is 80.6 Å². The predicted molar refractivity (Wildman–Crippen MR) is 136 cm³/mol. The Morgan fingerprint density at radius 3 is 2.47 bits per heavy atom. The number of carbonyl (C=O) groups excluding carboxylic acids is 1. The lowest BCUT2D eigenvalue weighted by Crippen LogP contribution is -2.23. The Kier molecular flexibility index (Phi) is 9.24. The van der Waals surface area contributed by atoms with Crippen molar-refractivity contribution < 1.29 is 23.4 Å². The highest BCUT2D eigenvalue weighted by molar-refractivity contribution is 6.01. The number of hydrogen-bond acceptors (Lipinski definition) is 5. The van der Waals surface area contributed by atoms with E-state index in [0.717, 1.165) is 11.1 Å². The van der Waals surface area contributed by atoms with E-state index >= 15 is 0 Å². The van der Waals surface area contributed by atoms with Crippen LogP contribution in [-0.2, 0) is 24.4 Å². The fourth-order valence-electron chi connectivity index (χ4n) is 3.49. The largest absolute Gasteiger partial charge is 0.497 e. The van der Waals surface area contributed by atoms with Crippen molar-refractivity contribution in [3.8, 4) is 23.3 Å². The molecule has 6 nitrogen and oxygen atoms in total. The highest BCUT2D eigenvalue weighted by atomic mass is 19.1. The second-order valence-corrected chi connectivity index (χ2v) is 7.78. The molecular weight excluding hydrogens is 459 g/mol. The van der Waals surface area contributed by atoms with Gasteiger partial charge in [0.25, 0.3) is 5.91 Å². The van der Waals surface area contributed by atoms with Gasteiger partial charge in [0.15, 0.2) is 11.5 Å². The molecule has 3 rings (SSSR count). The van der Waals surface area contributed by atoms with Gasteiger partial charge in [-0.3, -0.25) is 4.79 Å². The van der Waals surface area contributed by atoms with Crippen molar-refractivity contribution in [3.63, 3.8) is 0 Å². The van der Waals surface area contributed by atoms with Gasteiger partial charge in [-0.05, 0) is 54.0 Å². The fraction of sp³-hybridized carbons (Fsp3) is 0.172. The summed E-state index contributed by atoms with van der Waals surface area (Å²) in [5.41, 5.74) is 2.53. The van der Waals surface area contributed by atoms with Gasteiger partial charge in [-0.15, -0.1) is 6.58 Å². The van der Waals surface area contributed by atoms with Crippen LogP contribution in [0, 0.1) is 17.1 Å². The zero-order chi connectivity index (χ0) is 25.9. The summed E-state index contributed by atoms with van der Waals surface area (Å²) in [4.78, 5) is 12.7. The molecule has 36 heavy (non-hydrogen) atoms. The number of hydrogen-bond donors (Lipinski definition) is 1. The van der Waals surface area contributed by atoms with E-state index in [4.69, 9.17) is 14.2 Å². The Morgan fingerprint density at radius 1 is 1.08 bits per heavy atom. The van der Waals surface area contributed by atoms with Gasteiger partial charge in [-0.2, -0.15) is 5.26 Å². The third-order valence-corrected chi connectivity index (χ3v) is 5.36. The summed E-state index contributed by atoms with van der Waals surface area (Å²) >= 11 is 0. The second-order valence-electron chi connectivity index (χ2n) is 7.78. The molecule has 0 fully saturated rings. The molecule has 0 aliphatic heterocycles. The van der Waals surface area contributed by atoms with Crippen LogP contribution in [0.15, 0.2) is 78.9 Å². The number of methoxy groups -OCH3 is 2. The summed E-state index contributed by atoms with van der Waals surface area (Å²) in [5.74, 6) is 0.694. The number of amides is 1. The maximum absolute atomic E-state index is 14.0. The SMILES string of the molecule is C=CCc1cc(/C=C(/C#N)C(=O)NCc2ccc(OC)cc2)cc(OC)c1OCc1ccccc1F. The lowest BCUT2D eigenvalue weighted by Gasteiger charge is -2.16. The van der Waals surface area contributed by atoms with E-state index in [-0.39, 0.29) is 24.5 Å². The first kappa shape index (κ1) is 26.0. The van der Waals surface area contributed by atoms with Crippen molar-refractivity contribution in [2.75, 3.05) is 14.2 Å². The molecular formula is C29H27FN2O4. The molecule has 0 heterocycles. The van der Waals surface area contributed by atoms with E-state index in [1.807, 2.05) is 18.2 Å². The van der Waals surface area contributed by atoms with Crippen LogP contribution in [0.2, 0.25) is 0 Å². The fourth-order valence-corrected chi connectivity index (χ4v) is 3.49. The number of benzene rings is 3. The van der Waals surface area contributed by atoms with Crippen molar-refractivity contribution in [2.24, 2.45) is 0 Å². The lowest BCUT2D eigenvalue weighted by atomic mass is 10.0. The summed E-state index contributed by atoms with van der Waals surface area (Å²) < 4.78 is 30.6. The number of nitrogens with one attached hydrogen (secondary N) is 1. The maximum atomic E-state index is 14.0. The molecule has 0 aromatic heterocycles. The summed E-state index contributed by atoms with van der Waals surface area (Å²) in [5, 5.41) is 12.4. The van der Waals surface area contributed by atoms with E-state index in [0.29, 0.717) is 34.8 Å². The summed E-state index contributed by atoms with van der Waals surface area (Å²) in [7, 11) is 3.07. The van der Waals surface area contributed by atoms with Crippen LogP contribution in [0.25, 0.3) is 6.08 Å². The van der Waals surface area contributed by atoms with Gasteiger partial charge in [-0.25, -0.2) is 4.39 Å². The number of carbonyl (C=O) groups is 1. The number of nitriles is 1. The van der Waals surface area contributed by atoms with Crippen LogP contribution < -0.4 is 19.5 Å². The average molecular weight is 487 g/mol. The molecule has 0 saturated heterocycles. The van der Waals surface area contributed by atoms with E-state index in [9.17, 15) is 14.4 Å². The van der Waals surface area contributed by atoms with Crippen LogP contribution in [0.1, 0.15) is 22.3 Å². The molecule has 0 spiro atoms. The number of ether oxygens (including phenoxy) is 3. The van der Waals surface area contributed by atoms with Gasteiger partial charge in [0.1, 0.15) is 29.8 Å². The van der Waals surface area contributed by atoms with Gasteiger partial charge in [-0.1, -0.05) is 36.4 Å². The highest BCUT2D eigenvalue weighted by Crippen LogP contribution is 2.35. The molecule has 3 aromatic rings. The molecule has 1 amide bonds. The molecule has 184 valence electrons. The Bertz CT molecular complexity index is 1290. The molecule has 1 N–H and O–H groups in total. The zero-order valence-corrected chi connectivity index (χ0v) is 20.2. The minimum Gasteiger partial charge on any atom is -0.497 e. The Morgan fingerprint density at radius 2 is 1.83 bits per heavy atom. The quantitative estimate of drug-likeness (QED) is 0.224. The molecule has 0 atom stereocenters. The first-order valence-corrected chi connectivity index (χ1v) is 11.2. The number of allylic oxidation sites excluding steroid dienone is 1. The summed E-state index contributed by atoms with van der Waals surface area (Å²) in [6.07, 6.45) is 3.63. The van der Waals surface area contributed by atoms with Gasteiger partial charge >= 0.3 is 0 Å². The van der Waals surface area contributed by atoms with Crippen molar-refractivity contribution >= 4 is 12.0 Å². The smallest absolute Gasteiger partial charge is 0.262 e. The highest BCUT2D eigenvalue weighted by Gasteiger charge is 2.15.